The standard InChI is InChI=1S/C9H4BrCl2N3O3S/c10-5-1-4(11)2-6(15(16)17)8(5)18-3-7-13-14-9(12)19-7/h1-2H,3H2. The average Bonchev–Trinajstić information content (AvgIpc) is 2.73. The summed E-state index contributed by atoms with van der Waals surface area (Å²) in [4.78, 5) is 10.4. The Bertz CT molecular complexity index is 637. The van der Waals surface area contributed by atoms with Crippen LogP contribution in [0.5, 0.6) is 5.75 Å². The van der Waals surface area contributed by atoms with Crippen LogP contribution in [0.15, 0.2) is 16.6 Å². The van der Waals surface area contributed by atoms with E-state index in [1.165, 1.54) is 12.1 Å². The van der Waals surface area contributed by atoms with Crippen molar-refractivity contribution < 1.29 is 9.66 Å². The molecule has 0 fully saturated rings. The Morgan fingerprint density at radius 1 is 1.42 bits per heavy atom. The molecule has 0 aliphatic heterocycles. The zero-order valence-corrected chi connectivity index (χ0v) is 12.9. The second kappa shape index (κ2) is 6.00. The van der Waals surface area contributed by atoms with Gasteiger partial charge < -0.3 is 4.74 Å². The molecule has 1 aromatic carbocycles. The van der Waals surface area contributed by atoms with Crippen LogP contribution < -0.4 is 4.74 Å². The Morgan fingerprint density at radius 3 is 2.74 bits per heavy atom. The van der Waals surface area contributed by atoms with Crippen LogP contribution in [0, 0.1) is 10.1 Å². The Balaban J connectivity index is 2.26. The van der Waals surface area contributed by atoms with Crippen LogP contribution in [0.3, 0.4) is 0 Å². The lowest BCUT2D eigenvalue weighted by Gasteiger charge is -2.07. The molecule has 0 amide bonds. The second-order valence-corrected chi connectivity index (χ2v) is 6.17. The van der Waals surface area contributed by atoms with Gasteiger partial charge in [-0.05, 0) is 33.6 Å². The van der Waals surface area contributed by atoms with Crippen molar-refractivity contribution in [1.82, 2.24) is 10.2 Å². The number of ether oxygens (including phenoxy) is 1. The predicted octanol–water partition coefficient (Wildman–Crippen LogP) is 4.09. The van der Waals surface area contributed by atoms with Gasteiger partial charge in [0.2, 0.25) is 10.2 Å². The van der Waals surface area contributed by atoms with E-state index in [0.717, 1.165) is 11.3 Å². The summed E-state index contributed by atoms with van der Waals surface area (Å²) >= 11 is 15.7. The van der Waals surface area contributed by atoms with E-state index in [2.05, 4.69) is 26.1 Å². The highest BCUT2D eigenvalue weighted by Crippen LogP contribution is 2.38. The maximum Gasteiger partial charge on any atom is 0.313 e. The summed E-state index contributed by atoms with van der Waals surface area (Å²) in [6, 6.07) is 2.73. The van der Waals surface area contributed by atoms with Crippen molar-refractivity contribution in [3.05, 3.63) is 41.2 Å². The first-order valence-electron chi connectivity index (χ1n) is 4.71. The van der Waals surface area contributed by atoms with Gasteiger partial charge in [0.05, 0.1) is 9.40 Å². The maximum absolute atomic E-state index is 10.9. The molecule has 0 aliphatic carbocycles. The normalized spacial score (nSPS) is 10.5. The van der Waals surface area contributed by atoms with Crippen LogP contribution in [0.2, 0.25) is 9.49 Å². The van der Waals surface area contributed by atoms with Gasteiger partial charge >= 0.3 is 5.69 Å². The van der Waals surface area contributed by atoms with Crippen LogP contribution >= 0.6 is 50.5 Å². The zero-order valence-electron chi connectivity index (χ0n) is 8.97. The van der Waals surface area contributed by atoms with Crippen molar-refractivity contribution in [3.8, 4) is 5.75 Å². The van der Waals surface area contributed by atoms with Crippen molar-refractivity contribution in [1.29, 1.82) is 0 Å². The Labute approximate surface area is 129 Å². The maximum atomic E-state index is 10.9. The molecule has 100 valence electrons. The number of aromatic nitrogens is 2. The molecule has 0 bridgehead atoms. The van der Waals surface area contributed by atoms with Gasteiger partial charge in [-0.1, -0.05) is 22.9 Å². The van der Waals surface area contributed by atoms with E-state index in [1.54, 1.807) is 0 Å². The minimum Gasteiger partial charge on any atom is -0.479 e. The first kappa shape index (κ1) is 14.4. The smallest absolute Gasteiger partial charge is 0.313 e. The summed E-state index contributed by atoms with van der Waals surface area (Å²) in [7, 11) is 0. The molecule has 0 spiro atoms. The highest BCUT2D eigenvalue weighted by Gasteiger charge is 2.20. The topological polar surface area (TPSA) is 78.2 Å². The molecule has 6 nitrogen and oxygen atoms in total. The van der Waals surface area contributed by atoms with Crippen LogP contribution in [0.1, 0.15) is 5.01 Å². The molecule has 19 heavy (non-hydrogen) atoms. The lowest BCUT2D eigenvalue weighted by atomic mass is 10.3. The van der Waals surface area contributed by atoms with Gasteiger partial charge in [0.1, 0.15) is 6.61 Å². The molecule has 2 aromatic rings. The molecule has 0 N–H and O–H groups in total. The van der Waals surface area contributed by atoms with Crippen molar-refractivity contribution in [2.24, 2.45) is 0 Å². The molecule has 0 atom stereocenters. The Hall–Kier alpha value is -0.960. The van der Waals surface area contributed by atoms with E-state index in [-0.39, 0.29) is 27.5 Å². The van der Waals surface area contributed by atoms with E-state index in [1.807, 2.05) is 0 Å². The Kier molecular flexibility index (Phi) is 4.56. The summed E-state index contributed by atoms with van der Waals surface area (Å²) in [5, 5.41) is 19.1. The molecule has 0 unspecified atom stereocenters. The third-order valence-electron chi connectivity index (χ3n) is 1.97. The number of nitro benzene ring substituents is 1. The van der Waals surface area contributed by atoms with E-state index in [9.17, 15) is 10.1 Å². The van der Waals surface area contributed by atoms with Crippen molar-refractivity contribution in [2.45, 2.75) is 6.61 Å². The summed E-state index contributed by atoms with van der Waals surface area (Å²) < 4.78 is 6.06. The SMILES string of the molecule is O=[N+]([O-])c1cc(Cl)cc(Br)c1OCc1nnc(Cl)s1. The van der Waals surface area contributed by atoms with Crippen LogP contribution in [0.4, 0.5) is 5.69 Å². The molecule has 10 heteroatoms. The fraction of sp³-hybridized carbons (Fsp3) is 0.111. The highest BCUT2D eigenvalue weighted by atomic mass is 79.9. The largest absolute Gasteiger partial charge is 0.479 e. The number of halogens is 3. The zero-order chi connectivity index (χ0) is 14.0. The van der Waals surface area contributed by atoms with Gasteiger partial charge in [-0.2, -0.15) is 0 Å². The number of benzene rings is 1. The van der Waals surface area contributed by atoms with E-state index >= 15 is 0 Å². The summed E-state index contributed by atoms with van der Waals surface area (Å²) in [6.45, 7) is 0.0332. The minimum atomic E-state index is -0.570. The third kappa shape index (κ3) is 3.53. The number of hydrogen-bond donors (Lipinski definition) is 0. The molecular weight excluding hydrogens is 381 g/mol. The van der Waals surface area contributed by atoms with E-state index in [4.69, 9.17) is 27.9 Å². The predicted molar refractivity (Wildman–Crippen MR) is 75.1 cm³/mol. The summed E-state index contributed by atoms with van der Waals surface area (Å²) in [5.41, 5.74) is -0.227. The molecular formula is C9H4BrCl2N3O3S. The fourth-order valence-corrected chi connectivity index (χ4v) is 2.94. The van der Waals surface area contributed by atoms with Gasteiger partial charge in [0.25, 0.3) is 0 Å². The van der Waals surface area contributed by atoms with Crippen molar-refractivity contribution in [2.75, 3.05) is 0 Å². The fourth-order valence-electron chi connectivity index (χ4n) is 1.25. The quantitative estimate of drug-likeness (QED) is 0.585. The highest BCUT2D eigenvalue weighted by molar-refractivity contribution is 9.10. The van der Waals surface area contributed by atoms with E-state index < -0.39 is 4.92 Å². The van der Waals surface area contributed by atoms with Crippen LogP contribution in [-0.4, -0.2) is 15.1 Å². The van der Waals surface area contributed by atoms with Crippen LogP contribution in [-0.2, 0) is 6.61 Å². The lowest BCUT2D eigenvalue weighted by Crippen LogP contribution is -2.00. The molecule has 2 rings (SSSR count). The third-order valence-corrected chi connectivity index (χ3v) is 3.77. The Morgan fingerprint density at radius 2 is 2.16 bits per heavy atom. The van der Waals surface area contributed by atoms with Crippen LogP contribution in [0.25, 0.3) is 0 Å². The van der Waals surface area contributed by atoms with E-state index in [0.29, 0.717) is 9.48 Å². The minimum absolute atomic E-state index is 0.0332. The first-order chi connectivity index (χ1) is 8.97. The lowest BCUT2D eigenvalue weighted by molar-refractivity contribution is -0.386. The molecule has 1 heterocycles. The number of nitrogens with zero attached hydrogens (tertiary/aromatic N) is 3. The first-order valence-corrected chi connectivity index (χ1v) is 7.08. The molecule has 0 aliphatic rings. The average molecular weight is 385 g/mol. The monoisotopic (exact) mass is 383 g/mol. The number of nitro groups is 1. The van der Waals surface area contributed by atoms with Gasteiger partial charge in [-0.25, -0.2) is 0 Å². The van der Waals surface area contributed by atoms with Gasteiger partial charge in [0, 0.05) is 11.1 Å². The molecule has 0 saturated carbocycles. The molecule has 1 aromatic heterocycles. The van der Waals surface area contributed by atoms with Gasteiger partial charge in [-0.15, -0.1) is 10.2 Å². The number of hydrogen-bond acceptors (Lipinski definition) is 6. The summed E-state index contributed by atoms with van der Waals surface area (Å²) in [6.07, 6.45) is 0. The van der Waals surface area contributed by atoms with Crippen molar-refractivity contribution >= 4 is 56.2 Å². The molecule has 0 saturated heterocycles. The van der Waals surface area contributed by atoms with Crippen molar-refractivity contribution in [3.63, 3.8) is 0 Å². The second-order valence-electron chi connectivity index (χ2n) is 3.23. The van der Waals surface area contributed by atoms with Gasteiger partial charge in [0.15, 0.2) is 5.01 Å². The van der Waals surface area contributed by atoms with Gasteiger partial charge in [-0.3, -0.25) is 10.1 Å². The molecule has 0 radical (unpaired) electrons. The summed E-state index contributed by atoms with van der Waals surface area (Å²) in [5.74, 6) is 0.0840. The number of rotatable bonds is 4.